The summed E-state index contributed by atoms with van der Waals surface area (Å²) < 4.78 is 0. The molecule has 0 unspecified atom stereocenters. The van der Waals surface area contributed by atoms with Crippen molar-refractivity contribution in [2.45, 2.75) is 58.4 Å². The molecule has 1 aliphatic carbocycles. The molecule has 1 aromatic rings. The Morgan fingerprint density at radius 3 is 2.62 bits per heavy atom. The normalized spacial score (nSPS) is 21.9. The molecule has 0 atom stereocenters. The molecule has 4 heteroatoms. The van der Waals surface area contributed by atoms with Gasteiger partial charge in [0.15, 0.2) is 0 Å². The van der Waals surface area contributed by atoms with E-state index in [1.807, 2.05) is 19.2 Å². The second kappa shape index (κ2) is 7.43. The average molecular weight is 289 g/mol. The second-order valence-electron chi connectivity index (χ2n) is 6.16. The molecule has 1 aromatic heterocycles. The Morgan fingerprint density at radius 2 is 2.00 bits per heavy atom. The van der Waals surface area contributed by atoms with Crippen LogP contribution in [0.3, 0.4) is 0 Å². The lowest BCUT2D eigenvalue weighted by atomic mass is 9.87. The lowest BCUT2D eigenvalue weighted by Gasteiger charge is -2.27. The number of carbonyl (C=O) groups is 1. The largest absolute Gasteiger partial charge is 0.373 e. The van der Waals surface area contributed by atoms with Crippen molar-refractivity contribution in [3.63, 3.8) is 0 Å². The van der Waals surface area contributed by atoms with E-state index in [0.29, 0.717) is 6.04 Å². The lowest BCUT2D eigenvalue weighted by Crippen LogP contribution is -2.37. The Balaban J connectivity index is 2.05. The summed E-state index contributed by atoms with van der Waals surface area (Å²) in [6, 6.07) is 4.08. The fourth-order valence-corrected chi connectivity index (χ4v) is 2.90. The third kappa shape index (κ3) is 4.45. The van der Waals surface area contributed by atoms with Gasteiger partial charge in [-0.2, -0.15) is 0 Å². The van der Waals surface area contributed by atoms with E-state index in [1.165, 1.54) is 12.8 Å². The number of anilines is 1. The molecule has 1 aliphatic rings. The SMILES string of the molecule is CCCc1cc(C(=O)NC2CCC(C)CC2)cc(NC)n1. The molecule has 2 N–H and O–H groups in total. The molecule has 0 aliphatic heterocycles. The van der Waals surface area contributed by atoms with Crippen molar-refractivity contribution in [2.75, 3.05) is 12.4 Å². The first-order chi connectivity index (χ1) is 10.1. The minimum absolute atomic E-state index is 0.0332. The Kier molecular flexibility index (Phi) is 5.59. The first kappa shape index (κ1) is 15.8. The summed E-state index contributed by atoms with van der Waals surface area (Å²) in [4.78, 5) is 16.9. The molecule has 4 nitrogen and oxygen atoms in total. The molecule has 1 amide bonds. The molecule has 116 valence electrons. The van der Waals surface area contributed by atoms with E-state index in [2.05, 4.69) is 29.5 Å². The minimum atomic E-state index is 0.0332. The molecule has 2 rings (SSSR count). The van der Waals surface area contributed by atoms with Gasteiger partial charge in [0.25, 0.3) is 5.91 Å². The molecule has 0 saturated heterocycles. The van der Waals surface area contributed by atoms with Crippen LogP contribution in [-0.2, 0) is 6.42 Å². The van der Waals surface area contributed by atoms with Crippen LogP contribution in [-0.4, -0.2) is 24.0 Å². The van der Waals surface area contributed by atoms with Gasteiger partial charge in [0.2, 0.25) is 0 Å². The fraction of sp³-hybridized carbons (Fsp3) is 0.647. The summed E-state index contributed by atoms with van der Waals surface area (Å²) >= 11 is 0. The highest BCUT2D eigenvalue weighted by Gasteiger charge is 2.20. The van der Waals surface area contributed by atoms with Crippen molar-refractivity contribution in [2.24, 2.45) is 5.92 Å². The first-order valence-corrected chi connectivity index (χ1v) is 8.12. The molecular formula is C17H27N3O. The topological polar surface area (TPSA) is 54.0 Å². The summed E-state index contributed by atoms with van der Waals surface area (Å²) in [6.45, 7) is 4.41. The average Bonchev–Trinajstić information content (AvgIpc) is 2.49. The van der Waals surface area contributed by atoms with Crippen LogP contribution >= 0.6 is 0 Å². The minimum Gasteiger partial charge on any atom is -0.373 e. The number of nitrogens with one attached hydrogen (secondary N) is 2. The number of aromatic nitrogens is 1. The molecular weight excluding hydrogens is 262 g/mol. The van der Waals surface area contributed by atoms with Crippen molar-refractivity contribution >= 4 is 11.7 Å². The van der Waals surface area contributed by atoms with E-state index in [9.17, 15) is 4.79 Å². The summed E-state index contributed by atoms with van der Waals surface area (Å²) in [5.74, 6) is 1.60. The highest BCUT2D eigenvalue weighted by atomic mass is 16.1. The van der Waals surface area contributed by atoms with Gasteiger partial charge in [0, 0.05) is 24.3 Å². The smallest absolute Gasteiger partial charge is 0.251 e. The standard InChI is InChI=1S/C17H27N3O/c1-4-5-15-10-13(11-16(18-3)19-15)17(21)20-14-8-6-12(2)7-9-14/h10-12,14H,4-9H2,1-3H3,(H,18,19)(H,20,21). The second-order valence-corrected chi connectivity index (χ2v) is 6.16. The molecule has 0 spiro atoms. The van der Waals surface area contributed by atoms with Gasteiger partial charge in [-0.3, -0.25) is 4.79 Å². The van der Waals surface area contributed by atoms with Gasteiger partial charge in [-0.25, -0.2) is 4.98 Å². The predicted octanol–water partition coefficient (Wildman–Crippen LogP) is 3.38. The number of hydrogen-bond acceptors (Lipinski definition) is 3. The molecule has 0 aromatic carbocycles. The summed E-state index contributed by atoms with van der Waals surface area (Å²) in [5, 5.41) is 6.22. The molecule has 0 radical (unpaired) electrons. The Morgan fingerprint density at radius 1 is 1.29 bits per heavy atom. The molecule has 1 fully saturated rings. The molecule has 21 heavy (non-hydrogen) atoms. The van der Waals surface area contributed by atoms with E-state index < -0.39 is 0 Å². The van der Waals surface area contributed by atoms with Crippen LogP contribution in [0.5, 0.6) is 0 Å². The summed E-state index contributed by atoms with van der Waals surface area (Å²) in [6.07, 6.45) is 6.55. The summed E-state index contributed by atoms with van der Waals surface area (Å²) in [7, 11) is 1.84. The Bertz CT molecular complexity index is 479. The lowest BCUT2D eigenvalue weighted by molar-refractivity contribution is 0.0923. The van der Waals surface area contributed by atoms with Crippen molar-refractivity contribution in [1.29, 1.82) is 0 Å². The van der Waals surface area contributed by atoms with Gasteiger partial charge in [0.1, 0.15) is 5.82 Å². The quantitative estimate of drug-likeness (QED) is 0.873. The van der Waals surface area contributed by atoms with Crippen molar-refractivity contribution in [3.8, 4) is 0 Å². The third-order valence-corrected chi connectivity index (χ3v) is 4.25. The number of carbonyl (C=O) groups excluding carboxylic acids is 1. The van der Waals surface area contributed by atoms with Crippen LogP contribution in [0.2, 0.25) is 0 Å². The van der Waals surface area contributed by atoms with Crippen molar-refractivity contribution in [1.82, 2.24) is 10.3 Å². The number of amides is 1. The van der Waals surface area contributed by atoms with Gasteiger partial charge in [0.05, 0.1) is 0 Å². The third-order valence-electron chi connectivity index (χ3n) is 4.25. The monoisotopic (exact) mass is 289 g/mol. The van der Waals surface area contributed by atoms with E-state index in [1.54, 1.807) is 0 Å². The number of hydrogen-bond donors (Lipinski definition) is 2. The number of aryl methyl sites for hydroxylation is 1. The van der Waals surface area contributed by atoms with Gasteiger partial charge in [-0.15, -0.1) is 0 Å². The van der Waals surface area contributed by atoms with Gasteiger partial charge in [-0.05, 0) is 50.2 Å². The van der Waals surface area contributed by atoms with Crippen LogP contribution in [0, 0.1) is 5.92 Å². The maximum Gasteiger partial charge on any atom is 0.251 e. The van der Waals surface area contributed by atoms with Gasteiger partial charge >= 0.3 is 0 Å². The van der Waals surface area contributed by atoms with Crippen molar-refractivity contribution < 1.29 is 4.79 Å². The Labute approximate surface area is 127 Å². The molecule has 1 saturated carbocycles. The van der Waals surface area contributed by atoms with Crippen LogP contribution in [0.4, 0.5) is 5.82 Å². The van der Waals surface area contributed by atoms with Crippen LogP contribution in [0.1, 0.15) is 62.0 Å². The number of rotatable bonds is 5. The zero-order chi connectivity index (χ0) is 15.2. The number of nitrogens with zero attached hydrogens (tertiary/aromatic N) is 1. The highest BCUT2D eigenvalue weighted by molar-refractivity contribution is 5.95. The maximum absolute atomic E-state index is 12.5. The van der Waals surface area contributed by atoms with E-state index >= 15 is 0 Å². The Hall–Kier alpha value is -1.58. The van der Waals surface area contributed by atoms with E-state index in [-0.39, 0.29) is 5.91 Å². The summed E-state index contributed by atoms with van der Waals surface area (Å²) in [5.41, 5.74) is 1.70. The zero-order valence-electron chi connectivity index (χ0n) is 13.4. The predicted molar refractivity (Wildman–Crippen MR) is 86.7 cm³/mol. The van der Waals surface area contributed by atoms with Crippen LogP contribution < -0.4 is 10.6 Å². The number of pyridine rings is 1. The van der Waals surface area contributed by atoms with Crippen molar-refractivity contribution in [3.05, 3.63) is 23.4 Å². The molecule has 0 bridgehead atoms. The highest BCUT2D eigenvalue weighted by Crippen LogP contribution is 2.23. The zero-order valence-corrected chi connectivity index (χ0v) is 13.4. The van der Waals surface area contributed by atoms with Crippen LogP contribution in [0.15, 0.2) is 12.1 Å². The van der Waals surface area contributed by atoms with E-state index in [4.69, 9.17) is 0 Å². The fourth-order valence-electron chi connectivity index (χ4n) is 2.90. The maximum atomic E-state index is 12.5. The van der Waals surface area contributed by atoms with E-state index in [0.717, 1.165) is 48.7 Å². The van der Waals surface area contributed by atoms with Gasteiger partial charge < -0.3 is 10.6 Å². The van der Waals surface area contributed by atoms with Gasteiger partial charge in [-0.1, -0.05) is 20.3 Å². The first-order valence-electron chi connectivity index (χ1n) is 8.12. The van der Waals surface area contributed by atoms with Crippen LogP contribution in [0.25, 0.3) is 0 Å². The molecule has 1 heterocycles.